The van der Waals surface area contributed by atoms with Crippen molar-refractivity contribution in [2.45, 2.75) is 37.1 Å². The molecule has 0 aliphatic carbocycles. The molecule has 11 heteroatoms. The first kappa shape index (κ1) is 23.5. The molecule has 1 atom stereocenters. The van der Waals surface area contributed by atoms with Gasteiger partial charge in [-0.25, -0.2) is 8.42 Å². The number of sulfonamides is 1. The van der Waals surface area contributed by atoms with Crippen LogP contribution in [0.4, 0.5) is 13.2 Å². The molecular weight excluding hydrogens is 445 g/mol. The van der Waals surface area contributed by atoms with Crippen molar-refractivity contribution in [2.24, 2.45) is 0 Å². The Morgan fingerprint density at radius 2 is 1.72 bits per heavy atom. The number of nitrogens with zero attached hydrogens (tertiary/aromatic N) is 2. The van der Waals surface area contributed by atoms with Gasteiger partial charge in [0.25, 0.3) is 0 Å². The molecule has 1 aromatic heterocycles. The molecule has 170 valence electrons. The van der Waals surface area contributed by atoms with Gasteiger partial charge >= 0.3 is 6.18 Å². The van der Waals surface area contributed by atoms with Crippen molar-refractivity contribution in [3.05, 3.63) is 83.7 Å². The summed E-state index contributed by atoms with van der Waals surface area (Å²) in [5.74, 6) is -0.668. The number of carbonyl (C=O) groups is 1. The Morgan fingerprint density at radius 1 is 1.06 bits per heavy atom. The lowest BCUT2D eigenvalue weighted by molar-refractivity contribution is -0.139. The fourth-order valence-electron chi connectivity index (χ4n) is 2.97. The quantitative estimate of drug-likeness (QED) is 0.534. The number of aromatic nitrogens is 2. The van der Waals surface area contributed by atoms with E-state index >= 15 is 0 Å². The van der Waals surface area contributed by atoms with E-state index in [1.54, 1.807) is 10.9 Å². The number of nitrogens with one attached hydrogen (secondary N) is 2. The summed E-state index contributed by atoms with van der Waals surface area (Å²) in [4.78, 5) is 11.4. The Morgan fingerprint density at radius 3 is 2.34 bits per heavy atom. The van der Waals surface area contributed by atoms with Crippen LogP contribution in [0.15, 0.2) is 71.9 Å². The topological polar surface area (TPSA) is 93.1 Å². The molecule has 0 spiro atoms. The van der Waals surface area contributed by atoms with Crippen LogP contribution in [-0.2, 0) is 34.1 Å². The van der Waals surface area contributed by atoms with E-state index in [0.29, 0.717) is 12.6 Å². The fraction of sp³-hybridized carbons (Fsp3) is 0.238. The number of alkyl halides is 3. The molecule has 3 rings (SSSR count). The Bertz CT molecular complexity index is 1160. The summed E-state index contributed by atoms with van der Waals surface area (Å²) in [6.45, 7) is 1.99. The average Bonchev–Trinajstić information content (AvgIpc) is 3.25. The first-order valence-electron chi connectivity index (χ1n) is 9.58. The standard InChI is InChI=1S/C21H21F3N4O3S/c1-15(27-32(30,31)19-6-3-2-5-18(19)21(22,23)24)20(29)25-13-16-7-9-17(10-8-16)14-28-12-4-11-26-28/h2-12,15,27H,13-14H2,1H3,(H,25,29)/t15-/m0/s1. The van der Waals surface area contributed by atoms with Gasteiger partial charge in [-0.1, -0.05) is 36.4 Å². The lowest BCUT2D eigenvalue weighted by Crippen LogP contribution is -2.44. The second kappa shape index (κ2) is 9.53. The number of benzene rings is 2. The molecule has 0 radical (unpaired) electrons. The fourth-order valence-corrected chi connectivity index (χ4v) is 4.40. The molecule has 1 heterocycles. The number of amides is 1. The summed E-state index contributed by atoms with van der Waals surface area (Å²) in [6, 6.07) is 11.7. The van der Waals surface area contributed by atoms with Gasteiger partial charge < -0.3 is 5.32 Å². The summed E-state index contributed by atoms with van der Waals surface area (Å²) < 4.78 is 68.1. The Balaban J connectivity index is 1.59. The molecule has 2 aromatic carbocycles. The van der Waals surface area contributed by atoms with E-state index in [0.717, 1.165) is 23.3 Å². The van der Waals surface area contributed by atoms with Crippen LogP contribution in [0.1, 0.15) is 23.6 Å². The van der Waals surface area contributed by atoms with E-state index in [1.165, 1.54) is 13.0 Å². The number of carbonyl (C=O) groups excluding carboxylic acids is 1. The number of hydrogen-bond acceptors (Lipinski definition) is 4. The van der Waals surface area contributed by atoms with Gasteiger partial charge in [-0.15, -0.1) is 0 Å². The van der Waals surface area contributed by atoms with Crippen molar-refractivity contribution in [3.8, 4) is 0 Å². The molecule has 1 amide bonds. The van der Waals surface area contributed by atoms with Crippen molar-refractivity contribution >= 4 is 15.9 Å². The van der Waals surface area contributed by atoms with Crippen LogP contribution >= 0.6 is 0 Å². The minimum Gasteiger partial charge on any atom is -0.351 e. The monoisotopic (exact) mass is 466 g/mol. The molecule has 2 N–H and O–H groups in total. The number of hydrogen-bond donors (Lipinski definition) is 2. The summed E-state index contributed by atoms with van der Waals surface area (Å²) in [7, 11) is -4.57. The second-order valence-corrected chi connectivity index (χ2v) is 8.76. The third-order valence-electron chi connectivity index (χ3n) is 4.60. The molecule has 0 unspecified atom stereocenters. The molecule has 0 aliphatic rings. The first-order chi connectivity index (χ1) is 15.1. The van der Waals surface area contributed by atoms with E-state index < -0.39 is 38.6 Å². The van der Waals surface area contributed by atoms with E-state index in [2.05, 4.69) is 10.4 Å². The van der Waals surface area contributed by atoms with E-state index in [1.807, 2.05) is 41.3 Å². The second-order valence-electron chi connectivity index (χ2n) is 7.07. The predicted octanol–water partition coefficient (Wildman–Crippen LogP) is 2.93. The van der Waals surface area contributed by atoms with Crippen molar-refractivity contribution in [1.29, 1.82) is 0 Å². The van der Waals surface area contributed by atoms with Crippen LogP contribution in [0.25, 0.3) is 0 Å². The molecule has 7 nitrogen and oxygen atoms in total. The Kier molecular flexibility index (Phi) is 6.99. The van der Waals surface area contributed by atoms with Gasteiger partial charge in [-0.3, -0.25) is 9.48 Å². The normalized spacial score (nSPS) is 13.0. The van der Waals surface area contributed by atoms with E-state index in [9.17, 15) is 26.4 Å². The van der Waals surface area contributed by atoms with Crippen LogP contribution in [0.5, 0.6) is 0 Å². The highest BCUT2D eigenvalue weighted by Gasteiger charge is 2.37. The van der Waals surface area contributed by atoms with Crippen LogP contribution in [0, 0.1) is 0 Å². The average molecular weight is 466 g/mol. The maximum atomic E-state index is 13.1. The van der Waals surface area contributed by atoms with Crippen molar-refractivity contribution in [3.63, 3.8) is 0 Å². The third-order valence-corrected chi connectivity index (χ3v) is 6.20. The van der Waals surface area contributed by atoms with E-state index in [-0.39, 0.29) is 6.54 Å². The van der Waals surface area contributed by atoms with Gasteiger partial charge in [-0.2, -0.15) is 23.0 Å². The number of rotatable bonds is 8. The predicted molar refractivity (Wildman–Crippen MR) is 111 cm³/mol. The lowest BCUT2D eigenvalue weighted by Gasteiger charge is -2.17. The zero-order chi connectivity index (χ0) is 23.4. The lowest BCUT2D eigenvalue weighted by atomic mass is 10.1. The van der Waals surface area contributed by atoms with Crippen LogP contribution in [0.2, 0.25) is 0 Å². The first-order valence-corrected chi connectivity index (χ1v) is 11.1. The molecule has 32 heavy (non-hydrogen) atoms. The van der Waals surface area contributed by atoms with Gasteiger partial charge in [0.15, 0.2) is 0 Å². The summed E-state index contributed by atoms with van der Waals surface area (Å²) in [5.41, 5.74) is 0.489. The van der Waals surface area contributed by atoms with Crippen LogP contribution in [0.3, 0.4) is 0 Å². The van der Waals surface area contributed by atoms with Gasteiger partial charge in [0, 0.05) is 18.9 Å². The number of halogens is 3. The smallest absolute Gasteiger partial charge is 0.351 e. The summed E-state index contributed by atoms with van der Waals surface area (Å²) in [5, 5.41) is 6.70. The molecule has 0 saturated carbocycles. The SMILES string of the molecule is C[C@H](NS(=O)(=O)c1ccccc1C(F)(F)F)C(=O)NCc1ccc(Cn2cccn2)cc1. The maximum absolute atomic E-state index is 13.1. The molecule has 0 saturated heterocycles. The summed E-state index contributed by atoms with van der Waals surface area (Å²) in [6.07, 6.45) is -1.33. The van der Waals surface area contributed by atoms with Crippen LogP contribution < -0.4 is 10.0 Å². The van der Waals surface area contributed by atoms with Crippen molar-refractivity contribution < 1.29 is 26.4 Å². The highest BCUT2D eigenvalue weighted by molar-refractivity contribution is 7.89. The molecule has 0 fully saturated rings. The van der Waals surface area contributed by atoms with Crippen molar-refractivity contribution in [1.82, 2.24) is 19.8 Å². The third kappa shape index (κ3) is 5.95. The van der Waals surface area contributed by atoms with Gasteiger partial charge in [0.05, 0.1) is 23.0 Å². The molecule has 3 aromatic rings. The Hall–Kier alpha value is -3.18. The molecule has 0 aliphatic heterocycles. The zero-order valence-corrected chi connectivity index (χ0v) is 17.8. The van der Waals surface area contributed by atoms with Gasteiger partial charge in [0.2, 0.25) is 15.9 Å². The summed E-state index contributed by atoms with van der Waals surface area (Å²) >= 11 is 0. The Labute approximate surface area is 183 Å². The van der Waals surface area contributed by atoms with Crippen molar-refractivity contribution in [2.75, 3.05) is 0 Å². The molecule has 0 bridgehead atoms. The zero-order valence-electron chi connectivity index (χ0n) is 17.0. The van der Waals surface area contributed by atoms with Crippen LogP contribution in [-0.4, -0.2) is 30.1 Å². The van der Waals surface area contributed by atoms with Gasteiger partial charge in [0.1, 0.15) is 0 Å². The largest absolute Gasteiger partial charge is 0.417 e. The van der Waals surface area contributed by atoms with E-state index in [4.69, 9.17) is 0 Å². The highest BCUT2D eigenvalue weighted by atomic mass is 32.2. The minimum atomic E-state index is -4.85. The molecular formula is C21H21F3N4O3S. The maximum Gasteiger partial charge on any atom is 0.417 e. The minimum absolute atomic E-state index is 0.131. The highest BCUT2D eigenvalue weighted by Crippen LogP contribution is 2.33. The van der Waals surface area contributed by atoms with Gasteiger partial charge in [-0.05, 0) is 36.2 Å².